The molecule has 16 heavy (non-hydrogen) atoms. The number of hydrogen-bond acceptors (Lipinski definition) is 3. The molecule has 1 fully saturated rings. The number of hydrogen-bond donors (Lipinski definition) is 1. The Bertz CT molecular complexity index is 227. The third-order valence-electron chi connectivity index (χ3n) is 3.22. The SMILES string of the molecule is CC(C)(C)OC(=O)C[C@@H](CN)C1CCCC1. The number of carbonyl (C=O) groups excluding carboxylic acids is 1. The van der Waals surface area contributed by atoms with Crippen LogP contribution in [0.1, 0.15) is 52.9 Å². The van der Waals surface area contributed by atoms with Crippen LogP contribution in [0.25, 0.3) is 0 Å². The van der Waals surface area contributed by atoms with Gasteiger partial charge in [0, 0.05) is 6.42 Å². The van der Waals surface area contributed by atoms with Crippen molar-refractivity contribution < 1.29 is 9.53 Å². The van der Waals surface area contributed by atoms with Gasteiger partial charge in [0.2, 0.25) is 0 Å². The molecule has 0 aliphatic heterocycles. The highest BCUT2D eigenvalue weighted by Crippen LogP contribution is 2.33. The van der Waals surface area contributed by atoms with E-state index in [4.69, 9.17) is 10.5 Å². The van der Waals surface area contributed by atoms with Crippen molar-refractivity contribution in [3.63, 3.8) is 0 Å². The molecule has 1 aliphatic rings. The first-order valence-electron chi connectivity index (χ1n) is 6.34. The van der Waals surface area contributed by atoms with Crippen LogP contribution in [0.2, 0.25) is 0 Å². The Morgan fingerprint density at radius 2 is 1.94 bits per heavy atom. The Morgan fingerprint density at radius 1 is 1.38 bits per heavy atom. The molecule has 1 rings (SSSR count). The van der Waals surface area contributed by atoms with E-state index < -0.39 is 0 Å². The molecule has 94 valence electrons. The predicted molar refractivity (Wildman–Crippen MR) is 65.0 cm³/mol. The van der Waals surface area contributed by atoms with Gasteiger partial charge in [-0.2, -0.15) is 0 Å². The Labute approximate surface area is 98.7 Å². The van der Waals surface area contributed by atoms with Crippen LogP contribution in [0.3, 0.4) is 0 Å². The lowest BCUT2D eigenvalue weighted by Crippen LogP contribution is -2.29. The molecule has 1 atom stereocenters. The number of nitrogens with two attached hydrogens (primary N) is 1. The largest absolute Gasteiger partial charge is 0.460 e. The normalized spacial score (nSPS) is 19.8. The van der Waals surface area contributed by atoms with Crippen LogP contribution in [-0.2, 0) is 9.53 Å². The average molecular weight is 227 g/mol. The van der Waals surface area contributed by atoms with Crippen LogP contribution >= 0.6 is 0 Å². The van der Waals surface area contributed by atoms with Crippen molar-refractivity contribution in [3.05, 3.63) is 0 Å². The summed E-state index contributed by atoms with van der Waals surface area (Å²) < 4.78 is 5.34. The summed E-state index contributed by atoms with van der Waals surface area (Å²) in [6, 6.07) is 0. The van der Waals surface area contributed by atoms with E-state index >= 15 is 0 Å². The summed E-state index contributed by atoms with van der Waals surface area (Å²) in [5, 5.41) is 0. The van der Waals surface area contributed by atoms with E-state index in [0.29, 0.717) is 24.8 Å². The maximum atomic E-state index is 11.7. The van der Waals surface area contributed by atoms with Gasteiger partial charge in [0.15, 0.2) is 0 Å². The van der Waals surface area contributed by atoms with Gasteiger partial charge in [0.25, 0.3) is 0 Å². The second-order valence-electron chi connectivity index (χ2n) is 5.83. The van der Waals surface area contributed by atoms with Crippen molar-refractivity contribution in [2.75, 3.05) is 6.54 Å². The van der Waals surface area contributed by atoms with Gasteiger partial charge in [-0.15, -0.1) is 0 Å². The van der Waals surface area contributed by atoms with Crippen molar-refractivity contribution in [2.45, 2.75) is 58.5 Å². The summed E-state index contributed by atoms with van der Waals surface area (Å²) in [4.78, 5) is 11.7. The summed E-state index contributed by atoms with van der Waals surface area (Å²) in [6.45, 7) is 6.30. The molecule has 0 unspecified atom stereocenters. The Morgan fingerprint density at radius 3 is 2.38 bits per heavy atom. The maximum absolute atomic E-state index is 11.7. The van der Waals surface area contributed by atoms with Gasteiger partial charge >= 0.3 is 5.97 Å². The van der Waals surface area contributed by atoms with Crippen LogP contribution in [0.15, 0.2) is 0 Å². The minimum absolute atomic E-state index is 0.102. The Hall–Kier alpha value is -0.570. The molecular weight excluding hydrogens is 202 g/mol. The van der Waals surface area contributed by atoms with Crippen LogP contribution < -0.4 is 5.73 Å². The van der Waals surface area contributed by atoms with E-state index in [1.165, 1.54) is 25.7 Å². The highest BCUT2D eigenvalue weighted by atomic mass is 16.6. The molecule has 0 bridgehead atoms. The van der Waals surface area contributed by atoms with E-state index in [1.807, 2.05) is 20.8 Å². The third kappa shape index (κ3) is 4.52. The molecule has 3 nitrogen and oxygen atoms in total. The fourth-order valence-corrected chi connectivity index (χ4v) is 2.47. The van der Waals surface area contributed by atoms with E-state index in [-0.39, 0.29) is 11.6 Å². The van der Waals surface area contributed by atoms with Gasteiger partial charge in [0.05, 0.1) is 0 Å². The van der Waals surface area contributed by atoms with Gasteiger partial charge in [-0.25, -0.2) is 0 Å². The molecule has 1 saturated carbocycles. The molecule has 0 heterocycles. The van der Waals surface area contributed by atoms with Gasteiger partial charge in [-0.05, 0) is 39.2 Å². The fourth-order valence-electron chi connectivity index (χ4n) is 2.47. The maximum Gasteiger partial charge on any atom is 0.306 e. The third-order valence-corrected chi connectivity index (χ3v) is 3.22. The van der Waals surface area contributed by atoms with Crippen LogP contribution in [-0.4, -0.2) is 18.1 Å². The van der Waals surface area contributed by atoms with Crippen LogP contribution in [0.4, 0.5) is 0 Å². The van der Waals surface area contributed by atoms with Crippen LogP contribution in [0.5, 0.6) is 0 Å². The molecular formula is C13H25NO2. The highest BCUT2D eigenvalue weighted by molar-refractivity contribution is 5.70. The van der Waals surface area contributed by atoms with Gasteiger partial charge < -0.3 is 10.5 Å². The summed E-state index contributed by atoms with van der Waals surface area (Å²) in [6.07, 6.45) is 5.51. The smallest absolute Gasteiger partial charge is 0.306 e. The summed E-state index contributed by atoms with van der Waals surface area (Å²) in [5.74, 6) is 0.852. The first-order chi connectivity index (χ1) is 7.42. The monoisotopic (exact) mass is 227 g/mol. The predicted octanol–water partition coefficient (Wildman–Crippen LogP) is 2.48. The lowest BCUT2D eigenvalue weighted by Gasteiger charge is -2.24. The molecule has 0 radical (unpaired) electrons. The van der Waals surface area contributed by atoms with Gasteiger partial charge in [-0.1, -0.05) is 25.7 Å². The zero-order valence-corrected chi connectivity index (χ0v) is 10.8. The minimum atomic E-state index is -0.383. The topological polar surface area (TPSA) is 52.3 Å². The average Bonchev–Trinajstić information content (AvgIpc) is 2.63. The minimum Gasteiger partial charge on any atom is -0.460 e. The first-order valence-corrected chi connectivity index (χ1v) is 6.34. The molecule has 0 aromatic rings. The van der Waals surface area contributed by atoms with Crippen molar-refractivity contribution >= 4 is 5.97 Å². The van der Waals surface area contributed by atoms with E-state index in [0.717, 1.165) is 0 Å². The first kappa shape index (κ1) is 13.5. The van der Waals surface area contributed by atoms with Gasteiger partial charge in [0.1, 0.15) is 5.60 Å². The van der Waals surface area contributed by atoms with E-state index in [1.54, 1.807) is 0 Å². The zero-order valence-electron chi connectivity index (χ0n) is 10.8. The van der Waals surface area contributed by atoms with Crippen LogP contribution in [0, 0.1) is 11.8 Å². The fraction of sp³-hybridized carbons (Fsp3) is 0.923. The Kier molecular flexibility index (Phi) is 4.78. The second kappa shape index (κ2) is 5.67. The molecule has 3 heteroatoms. The molecule has 0 aromatic heterocycles. The molecule has 0 amide bonds. The summed E-state index contributed by atoms with van der Waals surface area (Å²) >= 11 is 0. The lowest BCUT2D eigenvalue weighted by atomic mass is 9.88. The number of esters is 1. The van der Waals surface area contributed by atoms with Crippen molar-refractivity contribution in [1.29, 1.82) is 0 Å². The number of ether oxygens (including phenoxy) is 1. The standard InChI is InChI=1S/C13H25NO2/c1-13(2,3)16-12(15)8-11(9-14)10-6-4-5-7-10/h10-11H,4-9,14H2,1-3H3/t11-/m0/s1. The second-order valence-corrected chi connectivity index (χ2v) is 5.83. The Balaban J connectivity index is 2.40. The van der Waals surface area contributed by atoms with E-state index in [2.05, 4.69) is 0 Å². The number of carbonyl (C=O) groups is 1. The van der Waals surface area contributed by atoms with Crippen molar-refractivity contribution in [3.8, 4) is 0 Å². The molecule has 2 N–H and O–H groups in total. The molecule has 0 saturated heterocycles. The molecule has 0 aromatic carbocycles. The summed E-state index contributed by atoms with van der Waals surface area (Å²) in [5.41, 5.74) is 5.37. The van der Waals surface area contributed by atoms with Gasteiger partial charge in [-0.3, -0.25) is 4.79 Å². The lowest BCUT2D eigenvalue weighted by molar-refractivity contribution is -0.156. The van der Waals surface area contributed by atoms with Crippen molar-refractivity contribution in [2.24, 2.45) is 17.6 Å². The zero-order chi connectivity index (χ0) is 12.2. The highest BCUT2D eigenvalue weighted by Gasteiger charge is 2.27. The quantitative estimate of drug-likeness (QED) is 0.751. The summed E-state index contributed by atoms with van der Waals surface area (Å²) in [7, 11) is 0. The van der Waals surface area contributed by atoms with E-state index in [9.17, 15) is 4.79 Å². The van der Waals surface area contributed by atoms with Crippen molar-refractivity contribution in [1.82, 2.24) is 0 Å². The molecule has 0 spiro atoms. The number of rotatable bonds is 4. The molecule has 1 aliphatic carbocycles.